The summed E-state index contributed by atoms with van der Waals surface area (Å²) >= 11 is 0. The Kier molecular flexibility index (Phi) is 4.51. The lowest BCUT2D eigenvalue weighted by atomic mass is 10.1. The van der Waals surface area contributed by atoms with Gasteiger partial charge in [0, 0.05) is 6.42 Å². The van der Waals surface area contributed by atoms with Crippen molar-refractivity contribution in [3.8, 4) is 11.5 Å². The van der Waals surface area contributed by atoms with E-state index < -0.39 is 0 Å². The monoisotopic (exact) mass is 222 g/mol. The Hall–Kier alpha value is -1.84. The van der Waals surface area contributed by atoms with E-state index >= 15 is 0 Å². The van der Waals surface area contributed by atoms with E-state index in [0.29, 0.717) is 30.8 Å². The molecule has 0 atom stereocenters. The minimum atomic E-state index is 0.146. The quantitative estimate of drug-likeness (QED) is 0.688. The molecular weight excluding hydrogens is 208 g/mol. The van der Waals surface area contributed by atoms with E-state index in [1.165, 1.54) is 7.11 Å². The molecule has 16 heavy (non-hydrogen) atoms. The average molecular weight is 222 g/mol. The molecular formula is C12H14O4. The number of ether oxygens (including phenoxy) is 2. The van der Waals surface area contributed by atoms with Gasteiger partial charge in [0.05, 0.1) is 7.11 Å². The Morgan fingerprint density at radius 1 is 1.38 bits per heavy atom. The van der Waals surface area contributed by atoms with Gasteiger partial charge in [-0.1, -0.05) is 6.07 Å². The highest BCUT2D eigenvalue weighted by Crippen LogP contribution is 2.27. The third-order valence-electron chi connectivity index (χ3n) is 2.17. The lowest BCUT2D eigenvalue weighted by Crippen LogP contribution is -1.97. The van der Waals surface area contributed by atoms with Crippen molar-refractivity contribution in [2.24, 2.45) is 0 Å². The number of Topliss-reactive ketones (excluding diaryl/α,β-unsaturated/α-hetero) is 1. The highest BCUT2D eigenvalue weighted by atomic mass is 16.5. The number of ketones is 1. The molecule has 0 fully saturated rings. The molecule has 0 spiro atoms. The molecule has 0 radical (unpaired) electrons. The molecule has 1 aromatic carbocycles. The molecule has 0 aromatic heterocycles. The van der Waals surface area contributed by atoms with Crippen LogP contribution in [0.5, 0.6) is 11.5 Å². The van der Waals surface area contributed by atoms with E-state index in [-0.39, 0.29) is 5.78 Å². The summed E-state index contributed by atoms with van der Waals surface area (Å²) in [7, 11) is 1.50. The first kappa shape index (κ1) is 12.2. The summed E-state index contributed by atoms with van der Waals surface area (Å²) in [5.41, 5.74) is 0.977. The SMILES string of the molecule is COc1cc(CCC(C)=O)ccc1OC=O. The predicted molar refractivity (Wildman–Crippen MR) is 58.7 cm³/mol. The van der Waals surface area contributed by atoms with Gasteiger partial charge in [0.25, 0.3) is 6.47 Å². The largest absolute Gasteiger partial charge is 0.493 e. The van der Waals surface area contributed by atoms with E-state index in [0.717, 1.165) is 5.56 Å². The first-order valence-electron chi connectivity index (χ1n) is 4.94. The van der Waals surface area contributed by atoms with Gasteiger partial charge >= 0.3 is 0 Å². The number of carbonyl (C=O) groups is 2. The molecule has 0 heterocycles. The van der Waals surface area contributed by atoms with Crippen molar-refractivity contribution in [1.29, 1.82) is 0 Å². The zero-order chi connectivity index (χ0) is 12.0. The molecule has 4 heteroatoms. The van der Waals surface area contributed by atoms with Crippen LogP contribution in [0.1, 0.15) is 18.9 Å². The third kappa shape index (κ3) is 3.38. The molecule has 0 unspecified atom stereocenters. The van der Waals surface area contributed by atoms with Crippen molar-refractivity contribution in [2.45, 2.75) is 19.8 Å². The van der Waals surface area contributed by atoms with Gasteiger partial charge in [-0.05, 0) is 31.0 Å². The van der Waals surface area contributed by atoms with Crippen LogP contribution in [0.3, 0.4) is 0 Å². The van der Waals surface area contributed by atoms with Crippen LogP contribution in [0.2, 0.25) is 0 Å². The third-order valence-corrected chi connectivity index (χ3v) is 2.17. The number of rotatable bonds is 6. The normalized spacial score (nSPS) is 9.62. The molecule has 1 aromatic rings. The molecule has 86 valence electrons. The van der Waals surface area contributed by atoms with Gasteiger partial charge in [-0.3, -0.25) is 4.79 Å². The second kappa shape index (κ2) is 5.90. The molecule has 0 aliphatic rings. The van der Waals surface area contributed by atoms with E-state index in [1.54, 1.807) is 19.1 Å². The van der Waals surface area contributed by atoms with Crippen molar-refractivity contribution < 1.29 is 19.1 Å². The summed E-state index contributed by atoms with van der Waals surface area (Å²) in [4.78, 5) is 21.1. The number of benzene rings is 1. The summed E-state index contributed by atoms with van der Waals surface area (Å²) < 4.78 is 9.81. The van der Waals surface area contributed by atoms with Crippen LogP contribution < -0.4 is 9.47 Å². The van der Waals surface area contributed by atoms with E-state index in [4.69, 9.17) is 9.47 Å². The molecule has 0 aliphatic heterocycles. The van der Waals surface area contributed by atoms with Crippen LogP contribution >= 0.6 is 0 Å². The molecule has 4 nitrogen and oxygen atoms in total. The number of carbonyl (C=O) groups excluding carboxylic acids is 2. The summed E-state index contributed by atoms with van der Waals surface area (Å²) in [6.07, 6.45) is 1.16. The molecule has 0 saturated heterocycles. The zero-order valence-corrected chi connectivity index (χ0v) is 9.36. The van der Waals surface area contributed by atoms with Crippen LogP contribution in [0.25, 0.3) is 0 Å². The molecule has 0 bridgehead atoms. The Morgan fingerprint density at radius 2 is 2.12 bits per heavy atom. The summed E-state index contributed by atoms with van der Waals surface area (Å²) in [5.74, 6) is 1.02. The lowest BCUT2D eigenvalue weighted by molar-refractivity contribution is -0.121. The van der Waals surface area contributed by atoms with E-state index in [9.17, 15) is 9.59 Å². The average Bonchev–Trinajstić information content (AvgIpc) is 2.28. The van der Waals surface area contributed by atoms with Crippen LogP contribution in [0, 0.1) is 0 Å². The second-order valence-corrected chi connectivity index (χ2v) is 3.40. The predicted octanol–water partition coefficient (Wildman–Crippen LogP) is 1.75. The van der Waals surface area contributed by atoms with Crippen molar-refractivity contribution in [3.63, 3.8) is 0 Å². The number of aryl methyl sites for hydroxylation is 1. The van der Waals surface area contributed by atoms with Gasteiger partial charge in [0.1, 0.15) is 5.78 Å². The van der Waals surface area contributed by atoms with Crippen molar-refractivity contribution in [2.75, 3.05) is 7.11 Å². The topological polar surface area (TPSA) is 52.6 Å². The van der Waals surface area contributed by atoms with Crippen molar-refractivity contribution in [1.82, 2.24) is 0 Å². The van der Waals surface area contributed by atoms with Gasteiger partial charge in [-0.2, -0.15) is 0 Å². The minimum Gasteiger partial charge on any atom is -0.493 e. The van der Waals surface area contributed by atoms with Crippen molar-refractivity contribution in [3.05, 3.63) is 23.8 Å². The summed E-state index contributed by atoms with van der Waals surface area (Å²) in [6, 6.07) is 5.23. The minimum absolute atomic E-state index is 0.146. The smallest absolute Gasteiger partial charge is 0.298 e. The molecule has 0 amide bonds. The van der Waals surface area contributed by atoms with Crippen LogP contribution in [-0.2, 0) is 16.0 Å². The lowest BCUT2D eigenvalue weighted by Gasteiger charge is -2.08. The fourth-order valence-electron chi connectivity index (χ4n) is 1.34. The Balaban J connectivity index is 2.81. The van der Waals surface area contributed by atoms with Crippen LogP contribution in [0.15, 0.2) is 18.2 Å². The fraction of sp³-hybridized carbons (Fsp3) is 0.333. The first-order chi connectivity index (χ1) is 7.67. The second-order valence-electron chi connectivity index (χ2n) is 3.40. The maximum Gasteiger partial charge on any atom is 0.298 e. The Labute approximate surface area is 94.2 Å². The van der Waals surface area contributed by atoms with E-state index in [2.05, 4.69) is 0 Å². The Morgan fingerprint density at radius 3 is 2.69 bits per heavy atom. The van der Waals surface area contributed by atoms with Crippen molar-refractivity contribution >= 4 is 12.3 Å². The van der Waals surface area contributed by atoms with Gasteiger partial charge < -0.3 is 14.3 Å². The van der Waals surface area contributed by atoms with Gasteiger partial charge in [-0.15, -0.1) is 0 Å². The maximum absolute atomic E-state index is 10.8. The molecule has 0 saturated carbocycles. The summed E-state index contributed by atoms with van der Waals surface area (Å²) in [6.45, 7) is 1.91. The number of hydrogen-bond donors (Lipinski definition) is 0. The highest BCUT2D eigenvalue weighted by molar-refractivity contribution is 5.75. The van der Waals surface area contributed by atoms with E-state index in [1.807, 2.05) is 6.07 Å². The van der Waals surface area contributed by atoms with Crippen LogP contribution in [-0.4, -0.2) is 19.4 Å². The maximum atomic E-state index is 10.8. The first-order valence-corrected chi connectivity index (χ1v) is 4.94. The Bertz CT molecular complexity index is 385. The zero-order valence-electron chi connectivity index (χ0n) is 9.36. The number of hydrogen-bond acceptors (Lipinski definition) is 4. The molecule has 1 rings (SSSR count). The fourth-order valence-corrected chi connectivity index (χ4v) is 1.34. The molecule has 0 aliphatic carbocycles. The number of methoxy groups -OCH3 is 1. The van der Waals surface area contributed by atoms with Gasteiger partial charge in [-0.25, -0.2) is 0 Å². The standard InChI is InChI=1S/C12H14O4/c1-9(14)3-4-10-5-6-11(16-8-13)12(7-10)15-2/h5-8H,3-4H2,1-2H3. The summed E-state index contributed by atoms with van der Waals surface area (Å²) in [5, 5.41) is 0. The highest BCUT2D eigenvalue weighted by Gasteiger charge is 2.06. The van der Waals surface area contributed by atoms with Gasteiger partial charge in [0.2, 0.25) is 0 Å². The molecule has 0 N–H and O–H groups in total. The van der Waals surface area contributed by atoms with Gasteiger partial charge in [0.15, 0.2) is 11.5 Å². The van der Waals surface area contributed by atoms with Crippen LogP contribution in [0.4, 0.5) is 0 Å².